The lowest BCUT2D eigenvalue weighted by Crippen LogP contribution is -2.41. The summed E-state index contributed by atoms with van der Waals surface area (Å²) in [5.74, 6) is 0. The van der Waals surface area contributed by atoms with E-state index >= 15 is 0 Å². The zero-order chi connectivity index (χ0) is 72.4. The number of furan rings is 4. The van der Waals surface area contributed by atoms with Gasteiger partial charge >= 0.3 is 7.12 Å². The van der Waals surface area contributed by atoms with Gasteiger partial charge in [-0.3, -0.25) is 0 Å². The number of fused-ring (bicyclic) bond motifs is 28. The summed E-state index contributed by atoms with van der Waals surface area (Å²) in [6.45, 7) is 8.32. The van der Waals surface area contributed by atoms with Gasteiger partial charge in [0, 0.05) is 78.7 Å². The average Bonchev–Trinajstić information content (AvgIpc) is 1.56. The standard InChI is InChI=1S/C66H36O3.C26H23BO3.C6H3Br3/c1-7-19-46-37(13-1)25-28-55-58(46)61-49-22-10-4-16-40(49)34-52(64(61)67-55)43-31-44(53-35-41-17-5-11-23-50(41)62-59-47-20-8-2-14-38(47)26-29-56(59)68-65(53)62)33-45(32-43)54-36-42-18-6-12-24-51(42)63-60-48-21-9-3-15-39(48)27-30-57(60)69-66(54)63;1-25(2)26(3,4)30-27(29-25)20-15-17-10-6-8-12-19(17)23-22-18-11-7-5-9-16(18)13-14-21(22)28-24(20)23;7-4-1-5(8)3-6(9)2-4/h1-36H;5-15H,1-4H3;1-3H. The van der Waals surface area contributed by atoms with E-state index in [9.17, 15) is 0 Å². The van der Waals surface area contributed by atoms with Gasteiger partial charge < -0.3 is 27.0 Å². The van der Waals surface area contributed by atoms with Crippen molar-refractivity contribution in [3.8, 4) is 33.4 Å². The highest BCUT2D eigenvalue weighted by molar-refractivity contribution is 9.11. The second-order valence-corrected chi connectivity index (χ2v) is 32.2. The highest BCUT2D eigenvalue weighted by Gasteiger charge is 2.52. The molecule has 1 saturated heterocycles. The predicted octanol–water partition coefficient (Wildman–Crippen LogP) is 29.5. The van der Waals surface area contributed by atoms with E-state index in [4.69, 9.17) is 27.0 Å². The van der Waals surface area contributed by atoms with Crippen LogP contribution in [0.4, 0.5) is 0 Å². The number of hydrogen-bond acceptors (Lipinski definition) is 6. The molecule has 4 aromatic heterocycles. The van der Waals surface area contributed by atoms with Gasteiger partial charge in [0.05, 0.1) is 11.2 Å². The lowest BCUT2D eigenvalue weighted by molar-refractivity contribution is 0.00578. The Kier molecular flexibility index (Phi) is 15.0. The van der Waals surface area contributed by atoms with Crippen molar-refractivity contribution < 1.29 is 27.0 Å². The van der Waals surface area contributed by atoms with E-state index in [0.29, 0.717) is 0 Å². The first kappa shape index (κ1) is 65.0. The van der Waals surface area contributed by atoms with E-state index < -0.39 is 18.3 Å². The molecule has 0 spiro atoms. The second-order valence-electron chi connectivity index (χ2n) is 29.5. The largest absolute Gasteiger partial charge is 0.498 e. The zero-order valence-corrected chi connectivity index (χ0v) is 63.8. The van der Waals surface area contributed by atoms with Crippen molar-refractivity contribution in [2.75, 3.05) is 0 Å². The molecule has 1 fully saturated rings. The van der Waals surface area contributed by atoms with Crippen molar-refractivity contribution in [3.05, 3.63) is 317 Å². The molecule has 514 valence electrons. The van der Waals surface area contributed by atoms with Crippen molar-refractivity contribution in [1.82, 2.24) is 0 Å². The number of hydrogen-bond donors (Lipinski definition) is 0. The van der Waals surface area contributed by atoms with Crippen LogP contribution in [-0.2, 0) is 9.31 Å². The fourth-order valence-electron chi connectivity index (χ4n) is 17.0. The topological polar surface area (TPSA) is 71.0 Å². The maximum Gasteiger partial charge on any atom is 0.498 e. The maximum absolute atomic E-state index is 7.13. The molecule has 0 bridgehead atoms. The molecule has 1 aliphatic heterocycles. The van der Waals surface area contributed by atoms with Crippen LogP contribution in [0.15, 0.2) is 334 Å². The number of rotatable bonds is 4. The Morgan fingerprint density at radius 3 is 0.750 bits per heavy atom. The summed E-state index contributed by atoms with van der Waals surface area (Å²) in [6, 6.07) is 108. The maximum atomic E-state index is 7.13. The van der Waals surface area contributed by atoms with Crippen LogP contribution in [0.1, 0.15) is 27.7 Å². The summed E-state index contributed by atoms with van der Waals surface area (Å²) in [7, 11) is -0.478. The quantitative estimate of drug-likeness (QED) is 0.164. The van der Waals surface area contributed by atoms with Gasteiger partial charge in [-0.25, -0.2) is 0 Å². The molecule has 0 unspecified atom stereocenters. The summed E-state index contributed by atoms with van der Waals surface area (Å²) in [4.78, 5) is 0. The van der Waals surface area contributed by atoms with Gasteiger partial charge in [-0.2, -0.15) is 0 Å². The van der Waals surface area contributed by atoms with Crippen LogP contribution in [0.5, 0.6) is 0 Å². The molecule has 10 heteroatoms. The van der Waals surface area contributed by atoms with E-state index in [-0.39, 0.29) is 0 Å². The number of benzene rings is 18. The molecule has 23 rings (SSSR count). The Labute approximate surface area is 645 Å². The molecule has 0 saturated carbocycles. The minimum atomic E-state index is -0.478. The van der Waals surface area contributed by atoms with Crippen LogP contribution in [0.3, 0.4) is 0 Å². The first-order chi connectivity index (χ1) is 52.7. The van der Waals surface area contributed by atoms with Gasteiger partial charge in [-0.1, -0.05) is 272 Å². The average molecular weight is 1590 g/mol. The van der Waals surface area contributed by atoms with Gasteiger partial charge in [-0.05, 0) is 209 Å². The van der Waals surface area contributed by atoms with E-state index in [0.717, 1.165) is 162 Å². The first-order valence-electron chi connectivity index (χ1n) is 36.4. The summed E-state index contributed by atoms with van der Waals surface area (Å²) in [5, 5.41) is 27.8. The molecule has 0 radical (unpaired) electrons. The molecular weight excluding hydrogens is 1520 g/mol. The molecule has 1 aliphatic rings. The fraction of sp³-hybridized carbons (Fsp3) is 0.0612. The third-order valence-corrected chi connectivity index (χ3v) is 24.0. The highest BCUT2D eigenvalue weighted by Crippen LogP contribution is 2.51. The Balaban J connectivity index is 0.000000157. The molecule has 0 amide bonds. The van der Waals surface area contributed by atoms with Gasteiger partial charge in [0.15, 0.2) is 0 Å². The smallest absolute Gasteiger partial charge is 0.456 e. The molecule has 6 nitrogen and oxygen atoms in total. The normalized spacial score (nSPS) is 13.8. The van der Waals surface area contributed by atoms with Gasteiger partial charge in [0.1, 0.15) is 44.7 Å². The Morgan fingerprint density at radius 2 is 0.463 bits per heavy atom. The van der Waals surface area contributed by atoms with Crippen molar-refractivity contribution in [3.63, 3.8) is 0 Å². The first-order valence-corrected chi connectivity index (χ1v) is 38.8. The van der Waals surface area contributed by atoms with Crippen molar-refractivity contribution in [2.24, 2.45) is 0 Å². The fourth-order valence-corrected chi connectivity index (χ4v) is 19.4. The molecule has 18 aromatic carbocycles. The third kappa shape index (κ3) is 10.3. The molecule has 5 heterocycles. The van der Waals surface area contributed by atoms with Crippen molar-refractivity contribution in [1.29, 1.82) is 0 Å². The lowest BCUT2D eigenvalue weighted by Gasteiger charge is -2.32. The number of halogens is 3. The Hall–Kier alpha value is -11.3. The van der Waals surface area contributed by atoms with Crippen LogP contribution >= 0.6 is 47.8 Å². The molecule has 0 aliphatic carbocycles. The summed E-state index contributed by atoms with van der Waals surface area (Å²) in [6.07, 6.45) is 0. The minimum absolute atomic E-state index is 0.408. The summed E-state index contributed by atoms with van der Waals surface area (Å²) >= 11 is 10.1. The van der Waals surface area contributed by atoms with Crippen molar-refractivity contribution >= 4 is 234 Å². The van der Waals surface area contributed by atoms with Crippen molar-refractivity contribution in [2.45, 2.75) is 38.9 Å². The molecule has 0 N–H and O–H groups in total. The van der Waals surface area contributed by atoms with Crippen LogP contribution in [0, 0.1) is 0 Å². The monoisotopic (exact) mass is 1580 g/mol. The predicted molar refractivity (Wildman–Crippen MR) is 464 cm³/mol. The van der Waals surface area contributed by atoms with E-state index in [2.05, 4.69) is 361 Å². The second kappa shape index (κ2) is 24.9. The lowest BCUT2D eigenvalue weighted by atomic mass is 9.76. The van der Waals surface area contributed by atoms with E-state index in [1.54, 1.807) is 0 Å². The zero-order valence-electron chi connectivity index (χ0n) is 59.0. The SMILES string of the molecule is Brc1cc(Br)cc(Br)c1.CC1(C)OB(c2cc3ccccc3c3c2oc2ccc4ccccc4c23)OC1(C)C.c1ccc2c(c1)ccc1oc3c(-c4cc(-c5cc6ccccc6c6c5oc5ccc7ccccc7c56)cc(-c5cc6ccccc6c6c5oc5ccc7ccccc7c56)c4)cc4ccccc4c3c12. The molecule has 0 atom stereocenters. The molecule has 22 aromatic rings. The Bertz CT molecular complexity index is 7010. The molecular formula is C98H62BBr3O6. The van der Waals surface area contributed by atoms with Crippen LogP contribution in [0.2, 0.25) is 0 Å². The van der Waals surface area contributed by atoms with E-state index in [1.165, 1.54) is 64.6 Å². The Morgan fingerprint density at radius 1 is 0.231 bits per heavy atom. The minimum Gasteiger partial charge on any atom is -0.456 e. The third-order valence-electron chi connectivity index (χ3n) is 22.6. The van der Waals surface area contributed by atoms with Crippen LogP contribution < -0.4 is 5.46 Å². The molecule has 108 heavy (non-hydrogen) atoms. The van der Waals surface area contributed by atoms with Gasteiger partial charge in [0.25, 0.3) is 0 Å². The van der Waals surface area contributed by atoms with Gasteiger partial charge in [-0.15, -0.1) is 0 Å². The highest BCUT2D eigenvalue weighted by atomic mass is 79.9. The van der Waals surface area contributed by atoms with Crippen LogP contribution in [0.25, 0.3) is 207 Å². The summed E-state index contributed by atoms with van der Waals surface area (Å²) < 4.78 is 43.9. The summed E-state index contributed by atoms with van der Waals surface area (Å²) in [5.41, 5.74) is 13.2. The van der Waals surface area contributed by atoms with Crippen LogP contribution in [-0.4, -0.2) is 18.3 Å². The van der Waals surface area contributed by atoms with E-state index in [1.807, 2.05) is 18.2 Å². The van der Waals surface area contributed by atoms with Gasteiger partial charge in [0.2, 0.25) is 0 Å².